The van der Waals surface area contributed by atoms with Crippen molar-refractivity contribution in [3.05, 3.63) is 0 Å². The van der Waals surface area contributed by atoms with Gasteiger partial charge in [0.25, 0.3) is 0 Å². The van der Waals surface area contributed by atoms with Crippen LogP contribution in [0.1, 0.15) is 64.2 Å². The maximum absolute atomic E-state index is 10.9. The van der Waals surface area contributed by atoms with Gasteiger partial charge in [0, 0.05) is 11.8 Å². The van der Waals surface area contributed by atoms with E-state index in [1.54, 1.807) is 24.3 Å². The maximum Gasteiger partial charge on any atom is 0.237 e. The second kappa shape index (κ2) is 9.28. The van der Waals surface area contributed by atoms with Crippen molar-refractivity contribution in [2.45, 2.75) is 75.5 Å². The first-order valence-corrected chi connectivity index (χ1v) is 9.02. The molecule has 0 aromatic heterocycles. The largest absolute Gasteiger partial charge is 0.237 e. The van der Waals surface area contributed by atoms with Crippen LogP contribution >= 0.6 is 0 Å². The lowest BCUT2D eigenvalue weighted by Crippen LogP contribution is -2.40. The Morgan fingerprint density at radius 2 is 0.962 bits per heavy atom. The van der Waals surface area contributed by atoms with Gasteiger partial charge in [-0.1, -0.05) is 12.8 Å². The van der Waals surface area contributed by atoms with Crippen LogP contribution in [0.2, 0.25) is 0 Å². The zero-order valence-electron chi connectivity index (χ0n) is 14.6. The van der Waals surface area contributed by atoms with Gasteiger partial charge in [0.05, 0.1) is 0 Å². The summed E-state index contributed by atoms with van der Waals surface area (Å²) < 4.78 is 0. The third-order valence-corrected chi connectivity index (χ3v) is 5.82. The third kappa shape index (κ3) is 4.19. The highest BCUT2D eigenvalue weighted by Crippen LogP contribution is 2.45. The van der Waals surface area contributed by atoms with Crippen LogP contribution in [0, 0.1) is 11.8 Å². The van der Waals surface area contributed by atoms with E-state index in [-0.39, 0.29) is 11.8 Å². The Balaban J connectivity index is 2.22. The van der Waals surface area contributed by atoms with Crippen LogP contribution in [-0.4, -0.2) is 35.6 Å². The minimum absolute atomic E-state index is 0.0980. The lowest BCUT2D eigenvalue weighted by atomic mass is 9.72. The first-order valence-electron chi connectivity index (χ1n) is 9.02. The second-order valence-corrected chi connectivity index (χ2v) is 7.03. The van der Waals surface area contributed by atoms with E-state index in [2.05, 4.69) is 20.0 Å². The van der Waals surface area contributed by atoms with Crippen molar-refractivity contribution in [3.63, 3.8) is 0 Å². The molecule has 2 aliphatic carbocycles. The van der Waals surface area contributed by atoms with E-state index in [0.29, 0.717) is 25.7 Å². The molecular formula is C18H22N4O4. The van der Waals surface area contributed by atoms with Gasteiger partial charge in [-0.15, -0.1) is 0 Å². The molecule has 0 aromatic rings. The number of isocyanates is 4. The standard InChI is InChI=1S/C18H22N4O4/c23-11-19-17(20-12-24)9-3-1-5-15(17)7-8-16-6-2-4-10-18(16,21-13-25)22-14-26/h15-16H,1-10H2. The monoisotopic (exact) mass is 358 g/mol. The second-order valence-electron chi connectivity index (χ2n) is 7.03. The Bertz CT molecular complexity index is 600. The molecule has 26 heavy (non-hydrogen) atoms. The van der Waals surface area contributed by atoms with Crippen LogP contribution in [0.4, 0.5) is 0 Å². The van der Waals surface area contributed by atoms with Gasteiger partial charge in [0.2, 0.25) is 24.3 Å². The topological polar surface area (TPSA) is 118 Å². The number of hydrogen-bond acceptors (Lipinski definition) is 8. The Hall–Kier alpha value is -2.48. The van der Waals surface area contributed by atoms with E-state index in [0.717, 1.165) is 38.5 Å². The molecule has 2 fully saturated rings. The molecule has 138 valence electrons. The highest BCUT2D eigenvalue weighted by Gasteiger charge is 2.45. The molecule has 2 saturated carbocycles. The van der Waals surface area contributed by atoms with E-state index in [1.807, 2.05) is 0 Å². The van der Waals surface area contributed by atoms with E-state index >= 15 is 0 Å². The van der Waals surface area contributed by atoms with Crippen molar-refractivity contribution in [1.82, 2.24) is 0 Å². The first-order chi connectivity index (χ1) is 12.7. The Morgan fingerprint density at radius 3 is 1.27 bits per heavy atom. The molecule has 0 spiro atoms. The predicted molar refractivity (Wildman–Crippen MR) is 91.1 cm³/mol. The van der Waals surface area contributed by atoms with Crippen molar-refractivity contribution < 1.29 is 19.2 Å². The van der Waals surface area contributed by atoms with E-state index in [1.165, 1.54) is 0 Å². The number of carbonyl (C=O) groups excluding carboxylic acids is 4. The molecule has 8 heteroatoms. The summed E-state index contributed by atoms with van der Waals surface area (Å²) in [7, 11) is 0. The summed E-state index contributed by atoms with van der Waals surface area (Å²) in [5, 5.41) is 0. The van der Waals surface area contributed by atoms with Gasteiger partial charge in [-0.25, -0.2) is 19.2 Å². The van der Waals surface area contributed by atoms with Crippen molar-refractivity contribution in [2.24, 2.45) is 31.8 Å². The van der Waals surface area contributed by atoms with Gasteiger partial charge >= 0.3 is 0 Å². The highest BCUT2D eigenvalue weighted by atomic mass is 16.1. The molecule has 0 radical (unpaired) electrons. The lowest BCUT2D eigenvalue weighted by molar-refractivity contribution is 0.140. The summed E-state index contributed by atoms with van der Waals surface area (Å²) in [4.78, 5) is 58.9. The minimum Gasteiger partial charge on any atom is -0.211 e. The zero-order valence-corrected chi connectivity index (χ0v) is 14.6. The van der Waals surface area contributed by atoms with Gasteiger partial charge in [-0.2, -0.15) is 20.0 Å². The summed E-state index contributed by atoms with van der Waals surface area (Å²) in [6.45, 7) is 0. The molecular weight excluding hydrogens is 336 g/mol. The fourth-order valence-corrected chi connectivity index (χ4v) is 4.53. The predicted octanol–water partition coefficient (Wildman–Crippen LogP) is 2.88. The molecule has 0 aliphatic heterocycles. The minimum atomic E-state index is -1.10. The van der Waals surface area contributed by atoms with Crippen molar-refractivity contribution in [1.29, 1.82) is 0 Å². The molecule has 0 heterocycles. The Labute approximate surface area is 151 Å². The number of nitrogens with zero attached hydrogens (tertiary/aromatic N) is 4. The molecule has 8 nitrogen and oxygen atoms in total. The van der Waals surface area contributed by atoms with Gasteiger partial charge in [-0.05, 0) is 51.4 Å². The molecule has 0 aromatic carbocycles. The molecule has 0 bridgehead atoms. The van der Waals surface area contributed by atoms with Crippen LogP contribution < -0.4 is 0 Å². The summed E-state index contributed by atoms with van der Waals surface area (Å²) in [6.07, 6.45) is 13.6. The van der Waals surface area contributed by atoms with Crippen LogP contribution in [-0.2, 0) is 19.2 Å². The SMILES string of the molecule is O=C=NC1(N=C=O)CCCCC1CCC1CCCCC1(N=C=O)N=C=O. The van der Waals surface area contributed by atoms with E-state index in [9.17, 15) is 19.2 Å². The molecule has 2 rings (SSSR count). The molecule has 0 saturated heterocycles. The molecule has 2 atom stereocenters. The summed E-state index contributed by atoms with van der Waals surface area (Å²) in [5.41, 5.74) is -2.19. The quantitative estimate of drug-likeness (QED) is 0.513. The van der Waals surface area contributed by atoms with E-state index in [4.69, 9.17) is 0 Å². The number of aliphatic imine (C=N–C) groups is 4. The lowest BCUT2D eigenvalue weighted by Gasteiger charge is -2.39. The first kappa shape index (κ1) is 19.8. The van der Waals surface area contributed by atoms with Crippen LogP contribution in [0.3, 0.4) is 0 Å². The Kier molecular flexibility index (Phi) is 7.08. The number of rotatable bonds is 7. The fourth-order valence-electron chi connectivity index (χ4n) is 4.53. The maximum atomic E-state index is 10.9. The molecule has 0 amide bonds. The Morgan fingerprint density at radius 1 is 0.615 bits per heavy atom. The third-order valence-electron chi connectivity index (χ3n) is 5.82. The normalized spacial score (nSPS) is 33.5. The van der Waals surface area contributed by atoms with Crippen molar-refractivity contribution in [3.8, 4) is 0 Å². The van der Waals surface area contributed by atoms with E-state index < -0.39 is 11.3 Å². The van der Waals surface area contributed by atoms with Crippen LogP contribution in [0.5, 0.6) is 0 Å². The van der Waals surface area contributed by atoms with Gasteiger partial charge in [-0.3, -0.25) is 0 Å². The van der Waals surface area contributed by atoms with Crippen molar-refractivity contribution >= 4 is 24.3 Å². The fraction of sp³-hybridized carbons (Fsp3) is 0.778. The molecule has 2 aliphatic rings. The van der Waals surface area contributed by atoms with Gasteiger partial charge in [0.15, 0.2) is 11.3 Å². The summed E-state index contributed by atoms with van der Waals surface area (Å²) in [5.74, 6) is -0.196. The average molecular weight is 358 g/mol. The molecule has 0 N–H and O–H groups in total. The van der Waals surface area contributed by atoms with Crippen molar-refractivity contribution in [2.75, 3.05) is 0 Å². The average Bonchev–Trinajstić information content (AvgIpc) is 2.63. The zero-order chi connectivity index (χ0) is 18.9. The highest BCUT2D eigenvalue weighted by molar-refractivity contribution is 5.40. The number of hydrogen-bond donors (Lipinski definition) is 0. The molecule has 2 unspecified atom stereocenters. The van der Waals surface area contributed by atoms with Crippen LogP contribution in [0.25, 0.3) is 0 Å². The summed E-state index contributed by atoms with van der Waals surface area (Å²) in [6, 6.07) is 0. The van der Waals surface area contributed by atoms with Gasteiger partial charge < -0.3 is 0 Å². The van der Waals surface area contributed by atoms with Gasteiger partial charge in [0.1, 0.15) is 0 Å². The smallest absolute Gasteiger partial charge is 0.211 e. The summed E-state index contributed by atoms with van der Waals surface area (Å²) >= 11 is 0. The van der Waals surface area contributed by atoms with Crippen LogP contribution in [0.15, 0.2) is 20.0 Å².